The Morgan fingerprint density at radius 3 is 1.39 bits per heavy atom. The first-order valence-corrected chi connectivity index (χ1v) is 20.2. The largest absolute Gasteiger partial charge is 0.488 e. The van der Waals surface area contributed by atoms with Crippen LogP contribution in [-0.2, 0) is 21.1 Å². The number of rotatable bonds is 6. The van der Waals surface area contributed by atoms with Crippen LogP contribution >= 0.6 is 15.9 Å². The summed E-state index contributed by atoms with van der Waals surface area (Å²) in [6.45, 7) is 0. The highest BCUT2D eigenvalue weighted by atomic mass is 79.9. The van der Waals surface area contributed by atoms with E-state index in [4.69, 9.17) is 10.0 Å². The maximum atomic E-state index is 13.6. The standard InChI is InChI=1S/2C15H11FN2O.C8H8N2.C7H6BFO3.CH3Br/c1-18-9-17-14-7-11(4-5-15(14)18)10-2-3-12(8-19)13(16)6-10;1-18-9-17-14-5-4-11(7-15(14)18)10-2-3-12(8-19)13(16)6-10;1-10-6-9-7-4-2-3-5-8(7)10;9-7-3-6(8(11)12)2-1-5(7)4-10;1-2/h2*2-9H,1H3;2-6H,1H3;1-4,11-12H;1H3. The lowest BCUT2D eigenvalue weighted by Gasteiger charge is -2.04. The molecule has 0 aliphatic heterocycles. The van der Waals surface area contributed by atoms with Crippen LogP contribution in [0, 0.1) is 17.5 Å². The van der Waals surface area contributed by atoms with Gasteiger partial charge >= 0.3 is 7.12 Å². The topological polar surface area (TPSA) is 145 Å². The molecule has 314 valence electrons. The summed E-state index contributed by atoms with van der Waals surface area (Å²) in [4.78, 5) is 44.0. The molecule has 11 nitrogen and oxygen atoms in total. The van der Waals surface area contributed by atoms with Crippen LogP contribution in [0.1, 0.15) is 31.1 Å². The van der Waals surface area contributed by atoms with Crippen molar-refractivity contribution in [1.29, 1.82) is 0 Å². The molecular formula is C46H39BBrF3N6O5. The van der Waals surface area contributed by atoms with E-state index in [0.717, 1.165) is 55.9 Å². The smallest absolute Gasteiger partial charge is 0.423 e. The van der Waals surface area contributed by atoms with Crippen molar-refractivity contribution < 1.29 is 37.6 Å². The molecule has 0 aliphatic carbocycles. The fraction of sp³-hybridized carbons (Fsp3) is 0.0870. The van der Waals surface area contributed by atoms with Crippen molar-refractivity contribution in [1.82, 2.24) is 28.7 Å². The average Bonchev–Trinajstić information content (AvgIpc) is 3.99. The van der Waals surface area contributed by atoms with Crippen molar-refractivity contribution in [2.24, 2.45) is 21.1 Å². The first-order chi connectivity index (χ1) is 29.9. The molecular weight excluding hydrogens is 864 g/mol. The third kappa shape index (κ3) is 11.0. The number of aldehydes is 3. The van der Waals surface area contributed by atoms with Crippen LogP contribution in [0.25, 0.3) is 55.4 Å². The number of hydrogen-bond acceptors (Lipinski definition) is 8. The number of alkyl halides is 1. The highest BCUT2D eigenvalue weighted by Crippen LogP contribution is 2.26. The Kier molecular flexibility index (Phi) is 16.0. The summed E-state index contributed by atoms with van der Waals surface area (Å²) in [5, 5.41) is 17.2. The Morgan fingerprint density at radius 2 is 0.887 bits per heavy atom. The molecule has 0 saturated carbocycles. The van der Waals surface area contributed by atoms with E-state index in [9.17, 15) is 27.6 Å². The summed E-state index contributed by atoms with van der Waals surface area (Å²) in [5.74, 6) is 0.0503. The minimum Gasteiger partial charge on any atom is -0.423 e. The Balaban J connectivity index is 0.000000159. The number of aromatic nitrogens is 6. The van der Waals surface area contributed by atoms with Gasteiger partial charge in [-0.15, -0.1) is 0 Å². The predicted octanol–water partition coefficient (Wildman–Crippen LogP) is 8.29. The van der Waals surface area contributed by atoms with Gasteiger partial charge in [0.1, 0.15) is 17.5 Å². The number of benzene rings is 6. The van der Waals surface area contributed by atoms with Crippen molar-refractivity contribution in [2.75, 3.05) is 5.83 Å². The van der Waals surface area contributed by atoms with Gasteiger partial charge in [0.05, 0.1) is 63.2 Å². The van der Waals surface area contributed by atoms with E-state index in [1.54, 1.807) is 24.8 Å². The van der Waals surface area contributed by atoms with Gasteiger partial charge < -0.3 is 23.7 Å². The third-order valence-electron chi connectivity index (χ3n) is 9.45. The number of para-hydroxylation sites is 2. The Labute approximate surface area is 363 Å². The second-order valence-electron chi connectivity index (χ2n) is 13.4. The summed E-state index contributed by atoms with van der Waals surface area (Å²) in [7, 11) is 4.12. The molecule has 16 heteroatoms. The molecule has 62 heavy (non-hydrogen) atoms. The highest BCUT2D eigenvalue weighted by Gasteiger charge is 2.13. The monoisotopic (exact) mass is 902 g/mol. The molecule has 0 amide bonds. The van der Waals surface area contributed by atoms with Crippen LogP contribution in [-0.4, -0.2) is 70.5 Å². The quantitative estimate of drug-likeness (QED) is 0.0964. The van der Waals surface area contributed by atoms with Gasteiger partial charge in [-0.1, -0.05) is 58.4 Å². The summed E-state index contributed by atoms with van der Waals surface area (Å²) in [5.41, 5.74) is 9.33. The minimum absolute atomic E-state index is 0.0260. The van der Waals surface area contributed by atoms with E-state index in [1.165, 1.54) is 41.9 Å². The molecule has 3 heterocycles. The molecule has 0 radical (unpaired) electrons. The molecule has 0 atom stereocenters. The maximum Gasteiger partial charge on any atom is 0.488 e. The molecule has 0 aliphatic rings. The first kappa shape index (κ1) is 46.1. The lowest BCUT2D eigenvalue weighted by molar-refractivity contribution is 0.111. The number of carbonyl (C=O) groups is 3. The van der Waals surface area contributed by atoms with E-state index in [0.29, 0.717) is 18.9 Å². The molecule has 0 fully saturated rings. The molecule has 0 bridgehead atoms. The minimum atomic E-state index is -1.71. The van der Waals surface area contributed by atoms with E-state index in [2.05, 4.69) is 36.9 Å². The van der Waals surface area contributed by atoms with Gasteiger partial charge in [0, 0.05) is 26.7 Å². The van der Waals surface area contributed by atoms with Gasteiger partial charge in [0.15, 0.2) is 18.9 Å². The second kappa shape index (κ2) is 21.5. The first-order valence-electron chi connectivity index (χ1n) is 18.6. The Hall–Kier alpha value is -7.01. The van der Waals surface area contributed by atoms with Gasteiger partial charge in [0.25, 0.3) is 0 Å². The zero-order chi connectivity index (χ0) is 44.9. The fourth-order valence-corrected chi connectivity index (χ4v) is 6.11. The van der Waals surface area contributed by atoms with Crippen LogP contribution in [0.2, 0.25) is 0 Å². The summed E-state index contributed by atoms with van der Waals surface area (Å²) in [6, 6.07) is 32.2. The third-order valence-corrected chi connectivity index (χ3v) is 9.45. The van der Waals surface area contributed by atoms with E-state index >= 15 is 0 Å². The van der Waals surface area contributed by atoms with Crippen molar-refractivity contribution >= 4 is 80.5 Å². The van der Waals surface area contributed by atoms with Crippen LogP contribution < -0.4 is 5.46 Å². The van der Waals surface area contributed by atoms with Gasteiger partial charge in [0.2, 0.25) is 0 Å². The van der Waals surface area contributed by atoms with Crippen molar-refractivity contribution in [2.45, 2.75) is 0 Å². The summed E-state index contributed by atoms with van der Waals surface area (Å²) in [6.07, 6.45) is 6.70. The predicted molar refractivity (Wildman–Crippen MR) is 240 cm³/mol. The zero-order valence-corrected chi connectivity index (χ0v) is 35.4. The number of fused-ring (bicyclic) bond motifs is 3. The molecule has 3 aromatic heterocycles. The molecule has 6 aromatic carbocycles. The summed E-state index contributed by atoms with van der Waals surface area (Å²) >= 11 is 2.94. The van der Waals surface area contributed by atoms with Gasteiger partial charge in [-0.2, -0.15) is 0 Å². The summed E-state index contributed by atoms with van der Waals surface area (Å²) < 4.78 is 45.8. The van der Waals surface area contributed by atoms with E-state index in [-0.39, 0.29) is 22.2 Å². The SMILES string of the molecule is CBr.Cn1cnc2cc(-c3ccc(C=O)c(F)c3)ccc21.Cn1cnc2ccc(-c3ccc(C=O)c(F)c3)cc21.Cn1cnc2ccccc21.O=Cc1ccc(B(O)O)cc1F. The number of hydrogen-bond donors (Lipinski definition) is 2. The highest BCUT2D eigenvalue weighted by molar-refractivity contribution is 9.08. The Morgan fingerprint density at radius 1 is 0.484 bits per heavy atom. The van der Waals surface area contributed by atoms with Gasteiger partial charge in [-0.3, -0.25) is 14.4 Å². The molecule has 0 unspecified atom stereocenters. The van der Waals surface area contributed by atoms with Gasteiger partial charge in [-0.05, 0) is 106 Å². The van der Waals surface area contributed by atoms with Crippen molar-refractivity contribution in [3.63, 3.8) is 0 Å². The molecule has 9 rings (SSSR count). The molecule has 2 N–H and O–H groups in total. The lowest BCUT2D eigenvalue weighted by atomic mass is 9.80. The van der Waals surface area contributed by atoms with Crippen LogP contribution in [0.15, 0.2) is 134 Å². The number of halogens is 4. The number of aryl methyl sites for hydroxylation is 3. The van der Waals surface area contributed by atoms with Crippen LogP contribution in [0.5, 0.6) is 0 Å². The Bertz CT molecular complexity index is 2990. The van der Waals surface area contributed by atoms with Gasteiger partial charge in [-0.25, -0.2) is 28.1 Å². The zero-order valence-electron chi connectivity index (χ0n) is 33.8. The number of carbonyl (C=O) groups excluding carboxylic acids is 3. The normalized spacial score (nSPS) is 10.3. The lowest BCUT2D eigenvalue weighted by Crippen LogP contribution is -2.30. The van der Waals surface area contributed by atoms with Crippen molar-refractivity contribution in [3.05, 3.63) is 168 Å². The van der Waals surface area contributed by atoms with Crippen LogP contribution in [0.4, 0.5) is 13.2 Å². The molecule has 0 saturated heterocycles. The number of imidazole rings is 3. The van der Waals surface area contributed by atoms with Crippen LogP contribution in [0.3, 0.4) is 0 Å². The maximum absolute atomic E-state index is 13.6. The second-order valence-corrected chi connectivity index (χ2v) is 13.4. The van der Waals surface area contributed by atoms with E-state index < -0.39 is 24.6 Å². The fourth-order valence-electron chi connectivity index (χ4n) is 6.11. The van der Waals surface area contributed by atoms with E-state index in [1.807, 2.05) is 102 Å². The van der Waals surface area contributed by atoms with Crippen molar-refractivity contribution in [3.8, 4) is 22.3 Å². The average molecular weight is 904 g/mol. The molecule has 9 aromatic rings. The number of nitrogens with zero attached hydrogens (tertiary/aromatic N) is 6. The molecule has 0 spiro atoms.